The molecule has 0 saturated carbocycles. The Hall–Kier alpha value is -0.210. The molecule has 102 valence electrons. The summed E-state index contributed by atoms with van der Waals surface area (Å²) in [5, 5.41) is 0. The lowest BCUT2D eigenvalue weighted by molar-refractivity contribution is 0.0620. The Morgan fingerprint density at radius 2 is 2.22 bits per heavy atom. The van der Waals surface area contributed by atoms with Crippen molar-refractivity contribution in [1.82, 2.24) is 9.29 Å². The minimum Gasteiger partial charge on any atom is -0.381 e. The van der Waals surface area contributed by atoms with Crippen molar-refractivity contribution in [3.05, 3.63) is 10.7 Å². The van der Waals surface area contributed by atoms with Gasteiger partial charge in [-0.05, 0) is 18.8 Å². The molecular weight excluding hydrogens is 296 g/mol. The fraction of sp³-hybridized carbons (Fsp3) is 0.700. The summed E-state index contributed by atoms with van der Waals surface area (Å²) in [6.45, 7) is 1.94. The molecule has 0 aromatic carbocycles. The number of halogens is 1. The zero-order chi connectivity index (χ0) is 13.2. The van der Waals surface area contributed by atoms with Crippen LogP contribution in [0.4, 0.5) is 0 Å². The number of sulfonamides is 1. The Kier molecular flexibility index (Phi) is 4.60. The molecule has 0 spiro atoms. The first-order valence-electron chi connectivity index (χ1n) is 5.65. The van der Waals surface area contributed by atoms with E-state index in [1.165, 1.54) is 10.5 Å². The molecular formula is C10H15ClN2O3S2. The van der Waals surface area contributed by atoms with E-state index < -0.39 is 10.0 Å². The summed E-state index contributed by atoms with van der Waals surface area (Å²) in [6, 6.07) is 0. The predicted octanol–water partition coefficient (Wildman–Crippen LogP) is 1.84. The molecule has 1 fully saturated rings. The Morgan fingerprint density at radius 1 is 1.56 bits per heavy atom. The SMILES string of the molecule is CN(CC1CCOCC1)S(=O)(=O)c1cnc(Cl)s1. The summed E-state index contributed by atoms with van der Waals surface area (Å²) in [7, 11) is -1.86. The average Bonchev–Trinajstić information content (AvgIpc) is 2.78. The molecule has 2 heterocycles. The Labute approximate surface area is 116 Å². The summed E-state index contributed by atoms with van der Waals surface area (Å²) in [5.41, 5.74) is 0. The van der Waals surface area contributed by atoms with Crippen molar-refractivity contribution in [1.29, 1.82) is 0 Å². The minimum absolute atomic E-state index is 0.196. The van der Waals surface area contributed by atoms with Crippen molar-refractivity contribution in [3.8, 4) is 0 Å². The molecule has 1 aromatic heterocycles. The summed E-state index contributed by atoms with van der Waals surface area (Å²) < 4.78 is 31.5. The van der Waals surface area contributed by atoms with Gasteiger partial charge in [0, 0.05) is 26.8 Å². The maximum atomic E-state index is 12.2. The molecule has 0 radical (unpaired) electrons. The fourth-order valence-corrected chi connectivity index (χ4v) is 4.65. The molecule has 0 amide bonds. The van der Waals surface area contributed by atoms with Crippen LogP contribution in [0.5, 0.6) is 0 Å². The molecule has 8 heteroatoms. The van der Waals surface area contributed by atoms with E-state index in [4.69, 9.17) is 16.3 Å². The van der Waals surface area contributed by atoms with E-state index in [0.717, 1.165) is 24.2 Å². The van der Waals surface area contributed by atoms with E-state index in [0.29, 0.717) is 25.7 Å². The van der Waals surface area contributed by atoms with Gasteiger partial charge in [-0.25, -0.2) is 13.4 Å². The molecule has 5 nitrogen and oxygen atoms in total. The predicted molar refractivity (Wildman–Crippen MR) is 70.5 cm³/mol. The van der Waals surface area contributed by atoms with Crippen LogP contribution in [-0.2, 0) is 14.8 Å². The Bertz CT molecular complexity index is 497. The van der Waals surface area contributed by atoms with Crippen LogP contribution in [-0.4, -0.2) is 44.5 Å². The van der Waals surface area contributed by atoms with Gasteiger partial charge in [0.1, 0.15) is 0 Å². The highest BCUT2D eigenvalue weighted by Crippen LogP contribution is 2.26. The monoisotopic (exact) mass is 310 g/mol. The minimum atomic E-state index is -3.45. The first-order chi connectivity index (χ1) is 8.50. The third-order valence-electron chi connectivity index (χ3n) is 2.98. The normalized spacial score (nSPS) is 18.4. The molecule has 2 rings (SSSR count). The maximum absolute atomic E-state index is 12.2. The van der Waals surface area contributed by atoms with Crippen molar-refractivity contribution < 1.29 is 13.2 Å². The zero-order valence-corrected chi connectivity index (χ0v) is 12.4. The smallest absolute Gasteiger partial charge is 0.253 e. The van der Waals surface area contributed by atoms with Crippen LogP contribution >= 0.6 is 22.9 Å². The summed E-state index contributed by atoms with van der Waals surface area (Å²) >= 11 is 6.66. The van der Waals surface area contributed by atoms with E-state index in [-0.39, 0.29) is 8.68 Å². The maximum Gasteiger partial charge on any atom is 0.253 e. The first-order valence-corrected chi connectivity index (χ1v) is 8.29. The van der Waals surface area contributed by atoms with Gasteiger partial charge in [-0.1, -0.05) is 22.9 Å². The van der Waals surface area contributed by atoms with Gasteiger partial charge in [-0.2, -0.15) is 4.31 Å². The number of thiazole rings is 1. The molecule has 0 bridgehead atoms. The molecule has 1 aliphatic rings. The number of ether oxygens (including phenoxy) is 1. The molecule has 1 saturated heterocycles. The molecule has 1 aliphatic heterocycles. The van der Waals surface area contributed by atoms with Crippen LogP contribution in [0.25, 0.3) is 0 Å². The largest absolute Gasteiger partial charge is 0.381 e. The van der Waals surface area contributed by atoms with Gasteiger partial charge in [0.2, 0.25) is 0 Å². The van der Waals surface area contributed by atoms with Gasteiger partial charge in [0.25, 0.3) is 10.0 Å². The van der Waals surface area contributed by atoms with Gasteiger partial charge < -0.3 is 4.74 Å². The second kappa shape index (κ2) is 5.83. The second-order valence-corrected chi connectivity index (χ2v) is 8.16. The van der Waals surface area contributed by atoms with Crippen molar-refractivity contribution in [2.45, 2.75) is 17.1 Å². The number of nitrogens with zero attached hydrogens (tertiary/aromatic N) is 2. The quantitative estimate of drug-likeness (QED) is 0.851. The van der Waals surface area contributed by atoms with Crippen LogP contribution < -0.4 is 0 Å². The van der Waals surface area contributed by atoms with Crippen LogP contribution in [0.3, 0.4) is 0 Å². The molecule has 0 aliphatic carbocycles. The highest BCUT2D eigenvalue weighted by molar-refractivity contribution is 7.91. The van der Waals surface area contributed by atoms with Crippen LogP contribution in [0, 0.1) is 5.92 Å². The molecule has 0 N–H and O–H groups in total. The van der Waals surface area contributed by atoms with E-state index in [9.17, 15) is 8.42 Å². The topological polar surface area (TPSA) is 59.5 Å². The van der Waals surface area contributed by atoms with Gasteiger partial charge in [-0.15, -0.1) is 0 Å². The summed E-state index contributed by atoms with van der Waals surface area (Å²) in [4.78, 5) is 3.77. The lowest BCUT2D eigenvalue weighted by Crippen LogP contribution is -2.33. The number of hydrogen-bond acceptors (Lipinski definition) is 5. The van der Waals surface area contributed by atoms with Gasteiger partial charge in [0.15, 0.2) is 8.68 Å². The number of aromatic nitrogens is 1. The Morgan fingerprint density at radius 3 is 2.78 bits per heavy atom. The van der Waals surface area contributed by atoms with Crippen molar-refractivity contribution in [3.63, 3.8) is 0 Å². The number of hydrogen-bond donors (Lipinski definition) is 0. The highest BCUT2D eigenvalue weighted by atomic mass is 35.5. The lowest BCUT2D eigenvalue weighted by atomic mass is 10.0. The van der Waals surface area contributed by atoms with E-state index in [1.54, 1.807) is 7.05 Å². The van der Waals surface area contributed by atoms with Crippen molar-refractivity contribution >= 4 is 33.0 Å². The third-order valence-corrected chi connectivity index (χ3v) is 6.35. The second-order valence-electron chi connectivity index (χ2n) is 4.27. The van der Waals surface area contributed by atoms with Crippen molar-refractivity contribution in [2.75, 3.05) is 26.8 Å². The summed E-state index contributed by atoms with van der Waals surface area (Å²) in [5.74, 6) is 0.363. The molecule has 1 aromatic rings. The molecule has 18 heavy (non-hydrogen) atoms. The zero-order valence-electron chi connectivity index (χ0n) is 10.0. The standard InChI is InChI=1S/C10H15ClN2O3S2/c1-13(7-8-2-4-16-5-3-8)18(14,15)9-6-12-10(11)17-9/h6,8H,2-5,7H2,1H3. The van der Waals surface area contributed by atoms with E-state index in [1.807, 2.05) is 0 Å². The summed E-state index contributed by atoms with van der Waals surface area (Å²) in [6.07, 6.45) is 3.12. The molecule has 0 unspecified atom stereocenters. The first kappa shape index (κ1) is 14.2. The van der Waals surface area contributed by atoms with Gasteiger partial charge >= 0.3 is 0 Å². The van der Waals surface area contributed by atoms with Crippen molar-refractivity contribution in [2.24, 2.45) is 5.92 Å². The van der Waals surface area contributed by atoms with Gasteiger partial charge in [0.05, 0.1) is 6.20 Å². The van der Waals surface area contributed by atoms with E-state index >= 15 is 0 Å². The fourth-order valence-electron chi connectivity index (χ4n) is 1.90. The average molecular weight is 311 g/mol. The highest BCUT2D eigenvalue weighted by Gasteiger charge is 2.26. The van der Waals surface area contributed by atoms with Crippen LogP contribution in [0.1, 0.15) is 12.8 Å². The third kappa shape index (κ3) is 3.21. The lowest BCUT2D eigenvalue weighted by Gasteiger charge is -2.26. The van der Waals surface area contributed by atoms with Gasteiger partial charge in [-0.3, -0.25) is 0 Å². The van der Waals surface area contributed by atoms with E-state index in [2.05, 4.69) is 4.98 Å². The Balaban J connectivity index is 2.05. The van der Waals surface area contributed by atoms with Crippen LogP contribution in [0.15, 0.2) is 10.4 Å². The molecule has 0 atom stereocenters. The van der Waals surface area contributed by atoms with Crippen LogP contribution in [0.2, 0.25) is 4.47 Å². The number of rotatable bonds is 4.